The zero-order valence-corrected chi connectivity index (χ0v) is 4.84. The average molecular weight is 137 g/mol. The van der Waals surface area contributed by atoms with Crippen LogP contribution in [0.1, 0.15) is 0 Å². The molecule has 2 aromatic rings. The molecular formula is C3H3N7. The summed E-state index contributed by atoms with van der Waals surface area (Å²) in [5.41, 5.74) is 0.826. The van der Waals surface area contributed by atoms with Crippen LogP contribution in [0.25, 0.3) is 11.3 Å². The highest BCUT2D eigenvalue weighted by Crippen LogP contribution is 1.97. The second kappa shape index (κ2) is 1.59. The summed E-state index contributed by atoms with van der Waals surface area (Å²) in [6.45, 7) is 0. The minimum atomic E-state index is 0.400. The Kier molecular flexibility index (Phi) is 0.802. The molecule has 10 heavy (non-hydrogen) atoms. The lowest BCUT2D eigenvalue weighted by atomic mass is 10.8. The largest absolute Gasteiger partial charge is 0.336 e. The van der Waals surface area contributed by atoms with Crippen LogP contribution >= 0.6 is 0 Å². The van der Waals surface area contributed by atoms with Crippen molar-refractivity contribution in [3.63, 3.8) is 0 Å². The van der Waals surface area contributed by atoms with Crippen LogP contribution in [0, 0.1) is 0 Å². The Labute approximate surface area is 54.8 Å². The van der Waals surface area contributed by atoms with Gasteiger partial charge in [0, 0.05) is 0 Å². The van der Waals surface area contributed by atoms with Crippen LogP contribution < -0.4 is 5.84 Å². The van der Waals surface area contributed by atoms with Gasteiger partial charge in [0.25, 0.3) is 0 Å². The zero-order chi connectivity index (χ0) is 6.97. The van der Waals surface area contributed by atoms with E-state index in [9.17, 15) is 0 Å². The van der Waals surface area contributed by atoms with Crippen molar-refractivity contribution in [3.8, 4) is 0 Å². The molecule has 2 N–H and O–H groups in total. The Hall–Kier alpha value is -1.79. The fraction of sp³-hybridized carbons (Fsp3) is 0. The Balaban J connectivity index is 2.93. The average Bonchev–Trinajstić information content (AvgIpc) is 2.34. The molecule has 0 aromatic carbocycles. The van der Waals surface area contributed by atoms with Crippen molar-refractivity contribution in [2.45, 2.75) is 0 Å². The maximum atomic E-state index is 5.36. The first kappa shape index (κ1) is 5.03. The van der Waals surface area contributed by atoms with Gasteiger partial charge in [0.2, 0.25) is 11.3 Å². The molecule has 0 bridgehead atoms. The molecule has 7 heteroatoms. The molecule has 0 saturated carbocycles. The third-order valence-corrected chi connectivity index (χ3v) is 1.07. The molecule has 0 radical (unpaired) electrons. The van der Waals surface area contributed by atoms with Crippen molar-refractivity contribution in [1.29, 1.82) is 0 Å². The van der Waals surface area contributed by atoms with E-state index in [1.54, 1.807) is 0 Å². The minimum Gasteiger partial charge on any atom is -0.336 e. The second-order valence-corrected chi connectivity index (χ2v) is 1.68. The number of aromatic nitrogens is 6. The summed E-state index contributed by atoms with van der Waals surface area (Å²) in [7, 11) is 0. The summed E-state index contributed by atoms with van der Waals surface area (Å²) in [4.78, 5) is 3.78. The predicted octanol–water partition coefficient (Wildman–Crippen LogP) is -1.67. The molecule has 0 aliphatic carbocycles. The standard InChI is InChI=1S/C3H3N7/c4-10-1-5-2-3(10)7-9-8-6-2/h1H,4H2. The third-order valence-electron chi connectivity index (χ3n) is 1.07. The van der Waals surface area contributed by atoms with Crippen molar-refractivity contribution in [2.75, 3.05) is 5.84 Å². The Bertz CT molecular complexity index is 350. The molecule has 0 spiro atoms. The topological polar surface area (TPSA) is 95.4 Å². The summed E-state index contributed by atoms with van der Waals surface area (Å²) in [5, 5.41) is 13.7. The van der Waals surface area contributed by atoms with Gasteiger partial charge in [0.1, 0.15) is 6.33 Å². The number of hydrogen-bond acceptors (Lipinski definition) is 6. The summed E-state index contributed by atoms with van der Waals surface area (Å²) in [6, 6.07) is 0. The smallest absolute Gasteiger partial charge is 0.224 e. The van der Waals surface area contributed by atoms with Gasteiger partial charge >= 0.3 is 0 Å². The molecule has 2 rings (SSSR count). The lowest BCUT2D eigenvalue weighted by Gasteiger charge is -1.86. The van der Waals surface area contributed by atoms with Crippen LogP contribution in [-0.4, -0.2) is 30.3 Å². The normalized spacial score (nSPS) is 10.4. The maximum absolute atomic E-state index is 5.36. The number of nitrogen functional groups attached to an aromatic ring is 1. The van der Waals surface area contributed by atoms with Gasteiger partial charge in [0.05, 0.1) is 0 Å². The van der Waals surface area contributed by atoms with Gasteiger partial charge in [-0.25, -0.2) is 9.66 Å². The predicted molar refractivity (Wildman–Crippen MR) is 31.1 cm³/mol. The maximum Gasteiger partial charge on any atom is 0.224 e. The molecule has 0 atom stereocenters. The Morgan fingerprint density at radius 2 is 2.10 bits per heavy atom. The van der Waals surface area contributed by atoms with Gasteiger partial charge in [-0.3, -0.25) is 0 Å². The minimum absolute atomic E-state index is 0.400. The lowest BCUT2D eigenvalue weighted by Crippen LogP contribution is -2.07. The van der Waals surface area contributed by atoms with E-state index >= 15 is 0 Å². The number of rotatable bonds is 0. The summed E-state index contributed by atoms with van der Waals surface area (Å²) < 4.78 is 1.23. The molecule has 0 unspecified atom stereocenters. The number of imidazole rings is 1. The van der Waals surface area contributed by atoms with Crippen LogP contribution in [0.2, 0.25) is 0 Å². The Morgan fingerprint density at radius 3 is 2.90 bits per heavy atom. The highest BCUT2D eigenvalue weighted by Gasteiger charge is 2.00. The molecule has 0 aliphatic rings. The fourth-order valence-corrected chi connectivity index (χ4v) is 0.636. The van der Waals surface area contributed by atoms with Crippen LogP contribution in [0.15, 0.2) is 6.33 Å². The van der Waals surface area contributed by atoms with Gasteiger partial charge in [-0.15, -0.1) is 10.2 Å². The number of fused-ring (bicyclic) bond motifs is 1. The first-order valence-corrected chi connectivity index (χ1v) is 2.52. The second-order valence-electron chi connectivity index (χ2n) is 1.68. The summed E-state index contributed by atoms with van der Waals surface area (Å²) in [6.07, 6.45) is 1.40. The SMILES string of the molecule is Nn1cnc2nnnnc21. The van der Waals surface area contributed by atoms with E-state index in [0.29, 0.717) is 11.3 Å². The van der Waals surface area contributed by atoms with E-state index in [2.05, 4.69) is 25.6 Å². The summed E-state index contributed by atoms with van der Waals surface area (Å²) >= 11 is 0. The molecule has 0 fully saturated rings. The number of nitrogens with zero attached hydrogens (tertiary/aromatic N) is 6. The van der Waals surface area contributed by atoms with Gasteiger partial charge in [-0.05, 0) is 10.4 Å². The third kappa shape index (κ3) is 0.508. The van der Waals surface area contributed by atoms with Crippen molar-refractivity contribution >= 4 is 11.3 Å². The zero-order valence-electron chi connectivity index (χ0n) is 4.84. The van der Waals surface area contributed by atoms with Crippen molar-refractivity contribution in [1.82, 2.24) is 30.3 Å². The molecule has 2 heterocycles. The van der Waals surface area contributed by atoms with Crippen LogP contribution in [-0.2, 0) is 0 Å². The molecular weight excluding hydrogens is 134 g/mol. The van der Waals surface area contributed by atoms with Crippen LogP contribution in [0.4, 0.5) is 0 Å². The summed E-state index contributed by atoms with van der Waals surface area (Å²) in [5.74, 6) is 5.36. The van der Waals surface area contributed by atoms with Gasteiger partial charge in [-0.2, -0.15) is 0 Å². The van der Waals surface area contributed by atoms with Crippen molar-refractivity contribution in [2.24, 2.45) is 0 Å². The van der Waals surface area contributed by atoms with E-state index in [4.69, 9.17) is 5.84 Å². The first-order valence-electron chi connectivity index (χ1n) is 2.52. The molecule has 0 saturated heterocycles. The van der Waals surface area contributed by atoms with Crippen LogP contribution in [0.5, 0.6) is 0 Å². The lowest BCUT2D eigenvalue weighted by molar-refractivity contribution is 0.783. The van der Waals surface area contributed by atoms with Crippen molar-refractivity contribution in [3.05, 3.63) is 6.33 Å². The van der Waals surface area contributed by atoms with Crippen molar-refractivity contribution < 1.29 is 0 Å². The molecule has 50 valence electrons. The first-order chi connectivity index (χ1) is 4.88. The van der Waals surface area contributed by atoms with E-state index in [1.807, 2.05) is 0 Å². The van der Waals surface area contributed by atoms with E-state index in [1.165, 1.54) is 11.0 Å². The van der Waals surface area contributed by atoms with E-state index < -0.39 is 0 Å². The Morgan fingerprint density at radius 1 is 1.30 bits per heavy atom. The fourth-order valence-electron chi connectivity index (χ4n) is 0.636. The molecule has 0 aliphatic heterocycles. The van der Waals surface area contributed by atoms with E-state index in [0.717, 1.165) is 0 Å². The van der Waals surface area contributed by atoms with Gasteiger partial charge in [0.15, 0.2) is 0 Å². The quantitative estimate of drug-likeness (QED) is 0.436. The molecule has 2 aromatic heterocycles. The highest BCUT2D eigenvalue weighted by atomic mass is 15.5. The van der Waals surface area contributed by atoms with Crippen LogP contribution in [0.3, 0.4) is 0 Å². The molecule has 7 nitrogen and oxygen atoms in total. The van der Waals surface area contributed by atoms with Gasteiger partial charge in [-0.1, -0.05) is 0 Å². The monoisotopic (exact) mass is 137 g/mol. The van der Waals surface area contributed by atoms with E-state index in [-0.39, 0.29) is 0 Å². The molecule has 0 amide bonds. The number of hydrogen-bond donors (Lipinski definition) is 1. The van der Waals surface area contributed by atoms with Gasteiger partial charge < -0.3 is 5.84 Å². The number of nitrogens with two attached hydrogens (primary N) is 1. The highest BCUT2D eigenvalue weighted by molar-refractivity contribution is 5.63.